The monoisotopic (exact) mass is 376 g/mol. The zero-order valence-electron chi connectivity index (χ0n) is 16.0. The van der Waals surface area contributed by atoms with E-state index < -0.39 is 20.1 Å². The lowest BCUT2D eigenvalue weighted by molar-refractivity contribution is -0.151. The van der Waals surface area contributed by atoms with Gasteiger partial charge in [-0.15, -0.1) is 6.58 Å². The molecule has 1 aromatic carbocycles. The molecule has 1 aromatic rings. The highest BCUT2D eigenvalue weighted by molar-refractivity contribution is 6.76. The minimum absolute atomic E-state index is 0.178. The third-order valence-corrected chi connectivity index (χ3v) is 4.93. The molecule has 6 nitrogen and oxygen atoms in total. The molecule has 0 bridgehead atoms. The van der Waals surface area contributed by atoms with Crippen molar-refractivity contribution in [1.82, 2.24) is 10.2 Å². The molecule has 1 N–H and O–H groups in total. The number of nitrogens with one attached hydrogen (secondary N) is 1. The largest absolute Gasteiger partial charge is 0.467 e. The van der Waals surface area contributed by atoms with Crippen molar-refractivity contribution in [2.24, 2.45) is 0 Å². The second kappa shape index (κ2) is 9.91. The first-order valence-electron chi connectivity index (χ1n) is 8.51. The number of amides is 2. The maximum atomic E-state index is 12.8. The number of esters is 1. The standard InChI is InChI=1S/C19H28N2O4Si/c1-6-10-16(19(24)25-2)21(14-26(3,4)5)17(22)13-20-18(23)15-11-8-7-9-12-15/h6-9,11-12,16H,1,10,13-14H2,2-5H3,(H,20,23). The van der Waals surface area contributed by atoms with E-state index in [-0.39, 0.29) is 18.4 Å². The molecule has 1 atom stereocenters. The van der Waals surface area contributed by atoms with Gasteiger partial charge in [-0.2, -0.15) is 0 Å². The number of hydrogen-bond acceptors (Lipinski definition) is 4. The maximum Gasteiger partial charge on any atom is 0.328 e. The highest BCUT2D eigenvalue weighted by atomic mass is 28.3. The van der Waals surface area contributed by atoms with Crippen molar-refractivity contribution in [2.75, 3.05) is 19.8 Å². The molecule has 0 radical (unpaired) electrons. The molecule has 1 unspecified atom stereocenters. The molecular weight excluding hydrogens is 348 g/mol. The quantitative estimate of drug-likeness (QED) is 0.407. The van der Waals surface area contributed by atoms with Gasteiger partial charge in [-0.1, -0.05) is 43.9 Å². The van der Waals surface area contributed by atoms with Crippen LogP contribution in [0.1, 0.15) is 16.8 Å². The molecule has 1 rings (SSSR count). The van der Waals surface area contributed by atoms with Crippen LogP contribution in [0.2, 0.25) is 19.6 Å². The number of nitrogens with zero attached hydrogens (tertiary/aromatic N) is 1. The summed E-state index contributed by atoms with van der Waals surface area (Å²) in [6.45, 7) is 9.82. The highest BCUT2D eigenvalue weighted by Crippen LogP contribution is 2.13. The van der Waals surface area contributed by atoms with Crippen LogP contribution in [0, 0.1) is 0 Å². The van der Waals surface area contributed by atoms with Crippen molar-refractivity contribution >= 4 is 25.9 Å². The molecule has 0 fully saturated rings. The Bertz CT molecular complexity index is 641. The minimum Gasteiger partial charge on any atom is -0.467 e. The summed E-state index contributed by atoms with van der Waals surface area (Å²) >= 11 is 0. The lowest BCUT2D eigenvalue weighted by Crippen LogP contribution is -2.54. The van der Waals surface area contributed by atoms with E-state index >= 15 is 0 Å². The number of benzene rings is 1. The normalized spacial score (nSPS) is 12.0. The first-order chi connectivity index (χ1) is 12.2. The fourth-order valence-electron chi connectivity index (χ4n) is 2.48. The summed E-state index contributed by atoms with van der Waals surface area (Å²) in [5, 5.41) is 2.63. The Balaban J connectivity index is 2.91. The molecule has 0 saturated carbocycles. The van der Waals surface area contributed by atoms with E-state index in [0.29, 0.717) is 18.2 Å². The van der Waals surface area contributed by atoms with Crippen LogP contribution in [0.25, 0.3) is 0 Å². The molecule has 0 aliphatic rings. The van der Waals surface area contributed by atoms with Crippen molar-refractivity contribution < 1.29 is 19.1 Å². The van der Waals surface area contributed by atoms with Gasteiger partial charge < -0.3 is 15.0 Å². The van der Waals surface area contributed by atoms with Crippen LogP contribution in [0.5, 0.6) is 0 Å². The fourth-order valence-corrected chi connectivity index (χ4v) is 3.90. The Labute approximate surface area is 156 Å². The molecule has 26 heavy (non-hydrogen) atoms. The Morgan fingerprint density at radius 2 is 1.85 bits per heavy atom. The average molecular weight is 377 g/mol. The van der Waals surface area contributed by atoms with Gasteiger partial charge in [0.2, 0.25) is 5.91 Å². The first kappa shape index (κ1) is 21.6. The number of carbonyl (C=O) groups excluding carboxylic acids is 3. The van der Waals surface area contributed by atoms with Crippen LogP contribution in [0.3, 0.4) is 0 Å². The van der Waals surface area contributed by atoms with Gasteiger partial charge in [-0.3, -0.25) is 9.59 Å². The van der Waals surface area contributed by atoms with E-state index in [9.17, 15) is 14.4 Å². The Morgan fingerprint density at radius 1 is 1.23 bits per heavy atom. The molecule has 0 heterocycles. The Morgan fingerprint density at radius 3 is 2.35 bits per heavy atom. The second-order valence-corrected chi connectivity index (χ2v) is 12.6. The zero-order valence-corrected chi connectivity index (χ0v) is 17.0. The van der Waals surface area contributed by atoms with E-state index in [4.69, 9.17) is 4.74 Å². The number of methoxy groups -OCH3 is 1. The predicted molar refractivity (Wildman–Crippen MR) is 104 cm³/mol. The third-order valence-electron chi connectivity index (χ3n) is 3.64. The number of rotatable bonds is 9. The van der Waals surface area contributed by atoms with Crippen molar-refractivity contribution in [2.45, 2.75) is 32.1 Å². The van der Waals surface area contributed by atoms with Gasteiger partial charge in [0.05, 0.1) is 21.7 Å². The van der Waals surface area contributed by atoms with Crippen LogP contribution >= 0.6 is 0 Å². The molecule has 0 saturated heterocycles. The third kappa shape index (κ3) is 6.83. The van der Waals surface area contributed by atoms with E-state index in [0.717, 1.165) is 0 Å². The van der Waals surface area contributed by atoms with E-state index in [1.807, 2.05) is 6.07 Å². The number of carbonyl (C=O) groups is 3. The smallest absolute Gasteiger partial charge is 0.328 e. The van der Waals surface area contributed by atoms with Crippen molar-refractivity contribution in [3.05, 3.63) is 48.6 Å². The Kier molecular flexibility index (Phi) is 8.25. The summed E-state index contributed by atoms with van der Waals surface area (Å²) in [6.07, 6.45) is 2.38. The molecule has 2 amide bonds. The minimum atomic E-state index is -1.70. The van der Waals surface area contributed by atoms with Gasteiger partial charge in [0.15, 0.2) is 0 Å². The van der Waals surface area contributed by atoms with E-state index in [1.165, 1.54) is 12.0 Å². The summed E-state index contributed by atoms with van der Waals surface area (Å²) in [7, 11) is -0.405. The summed E-state index contributed by atoms with van der Waals surface area (Å²) < 4.78 is 4.85. The predicted octanol–water partition coefficient (Wildman–Crippen LogP) is 2.24. The van der Waals surface area contributed by atoms with Crippen molar-refractivity contribution in [3.63, 3.8) is 0 Å². The summed E-state index contributed by atoms with van der Waals surface area (Å²) in [6, 6.07) is 7.94. The molecule has 0 aromatic heterocycles. The molecule has 142 valence electrons. The van der Waals surface area contributed by atoms with Gasteiger partial charge in [0.25, 0.3) is 5.91 Å². The summed E-state index contributed by atoms with van der Waals surface area (Å²) in [5.41, 5.74) is 0.479. The average Bonchev–Trinajstić information content (AvgIpc) is 2.61. The highest BCUT2D eigenvalue weighted by Gasteiger charge is 2.33. The second-order valence-electron chi connectivity index (χ2n) is 7.19. The lowest BCUT2D eigenvalue weighted by atomic mass is 10.1. The van der Waals surface area contributed by atoms with Crippen LogP contribution in [0.4, 0.5) is 0 Å². The number of hydrogen-bond donors (Lipinski definition) is 1. The number of ether oxygens (including phenoxy) is 1. The summed E-state index contributed by atoms with van der Waals surface area (Å²) in [4.78, 5) is 38.6. The van der Waals surface area contributed by atoms with Gasteiger partial charge >= 0.3 is 5.97 Å². The Hall–Kier alpha value is -2.41. The molecule has 7 heteroatoms. The van der Waals surface area contributed by atoms with Crippen LogP contribution in [-0.2, 0) is 14.3 Å². The first-order valence-corrected chi connectivity index (χ1v) is 12.2. The van der Waals surface area contributed by atoms with E-state index in [1.54, 1.807) is 30.3 Å². The molecule has 0 spiro atoms. The molecule has 0 aliphatic carbocycles. The van der Waals surface area contributed by atoms with Crippen LogP contribution in [0.15, 0.2) is 43.0 Å². The van der Waals surface area contributed by atoms with Gasteiger partial charge in [0.1, 0.15) is 6.04 Å². The SMILES string of the molecule is C=CCC(C(=O)OC)N(C[Si](C)(C)C)C(=O)CNC(=O)c1ccccc1. The summed E-state index contributed by atoms with van der Waals surface area (Å²) in [5.74, 6) is -1.12. The molecule has 0 aliphatic heterocycles. The van der Waals surface area contributed by atoms with Crippen LogP contribution < -0.4 is 5.32 Å². The van der Waals surface area contributed by atoms with Gasteiger partial charge in [0, 0.05) is 11.7 Å². The molecular formula is C19H28N2O4Si. The van der Waals surface area contributed by atoms with Gasteiger partial charge in [-0.25, -0.2) is 4.79 Å². The fraction of sp³-hybridized carbons (Fsp3) is 0.421. The van der Waals surface area contributed by atoms with E-state index in [2.05, 4.69) is 31.5 Å². The maximum absolute atomic E-state index is 12.8. The van der Waals surface area contributed by atoms with Crippen molar-refractivity contribution in [3.8, 4) is 0 Å². The zero-order chi connectivity index (χ0) is 19.7. The van der Waals surface area contributed by atoms with Crippen molar-refractivity contribution in [1.29, 1.82) is 0 Å². The van der Waals surface area contributed by atoms with Crippen LogP contribution in [-0.4, -0.2) is 56.6 Å². The topological polar surface area (TPSA) is 75.7 Å². The van der Waals surface area contributed by atoms with Gasteiger partial charge in [-0.05, 0) is 18.6 Å². The lowest BCUT2D eigenvalue weighted by Gasteiger charge is -2.34.